The number of ether oxygens (including phenoxy) is 1. The van der Waals surface area contributed by atoms with E-state index in [2.05, 4.69) is 5.32 Å². The number of fused-ring (bicyclic) bond motifs is 1. The Morgan fingerprint density at radius 2 is 1.70 bits per heavy atom. The molecule has 0 saturated heterocycles. The van der Waals surface area contributed by atoms with E-state index in [0.717, 1.165) is 21.6 Å². The summed E-state index contributed by atoms with van der Waals surface area (Å²) >= 11 is 6.16. The Bertz CT molecular complexity index is 1060. The molecule has 30 heavy (non-hydrogen) atoms. The molecule has 2 aromatic rings. The molecule has 3 amide bonds. The number of aryl methyl sites for hydroxylation is 3. The van der Waals surface area contributed by atoms with E-state index in [1.165, 1.54) is 6.92 Å². The summed E-state index contributed by atoms with van der Waals surface area (Å²) in [4.78, 5) is 50.6. The fourth-order valence-corrected chi connectivity index (χ4v) is 3.71. The van der Waals surface area contributed by atoms with Crippen LogP contribution < -0.4 is 5.32 Å². The third-order valence-corrected chi connectivity index (χ3v) is 5.14. The number of benzene rings is 2. The monoisotopic (exact) mass is 428 g/mol. The number of amides is 3. The van der Waals surface area contributed by atoms with Crippen LogP contribution in [0.2, 0.25) is 5.02 Å². The SMILES string of the molecule is Cc1cc(C)c(NC(=O)COC(=O)C(C)N2C(=O)c3ccc(C)cc3C2=O)c(Cl)c1. The summed E-state index contributed by atoms with van der Waals surface area (Å²) in [6.45, 7) is 6.30. The number of imide groups is 1. The van der Waals surface area contributed by atoms with Crippen molar-refractivity contribution in [2.45, 2.75) is 33.7 Å². The first kappa shape index (κ1) is 21.5. The smallest absolute Gasteiger partial charge is 0.329 e. The fourth-order valence-electron chi connectivity index (χ4n) is 3.34. The van der Waals surface area contributed by atoms with Gasteiger partial charge in [-0.25, -0.2) is 4.79 Å². The Morgan fingerprint density at radius 3 is 2.37 bits per heavy atom. The molecule has 0 spiro atoms. The van der Waals surface area contributed by atoms with Gasteiger partial charge in [0.2, 0.25) is 0 Å². The lowest BCUT2D eigenvalue weighted by Gasteiger charge is -2.20. The summed E-state index contributed by atoms with van der Waals surface area (Å²) < 4.78 is 5.03. The second-order valence-electron chi connectivity index (χ2n) is 7.30. The van der Waals surface area contributed by atoms with Crippen molar-refractivity contribution < 1.29 is 23.9 Å². The van der Waals surface area contributed by atoms with Gasteiger partial charge in [0.05, 0.1) is 21.8 Å². The maximum atomic E-state index is 12.6. The Morgan fingerprint density at radius 1 is 1.03 bits per heavy atom. The first-order valence-corrected chi connectivity index (χ1v) is 9.69. The lowest BCUT2D eigenvalue weighted by atomic mass is 10.1. The number of halogens is 1. The van der Waals surface area contributed by atoms with Crippen molar-refractivity contribution in [3.05, 3.63) is 63.2 Å². The van der Waals surface area contributed by atoms with Crippen LogP contribution in [0.3, 0.4) is 0 Å². The Kier molecular flexibility index (Phi) is 5.94. The standard InChI is InChI=1S/C22H21ClN2O5/c1-11-5-6-15-16(8-11)21(28)25(20(15)27)14(4)22(29)30-10-18(26)24-19-13(3)7-12(2)9-17(19)23/h5-9,14H,10H2,1-4H3,(H,24,26). The van der Waals surface area contributed by atoms with E-state index in [4.69, 9.17) is 16.3 Å². The van der Waals surface area contributed by atoms with Gasteiger partial charge in [0.1, 0.15) is 6.04 Å². The van der Waals surface area contributed by atoms with Gasteiger partial charge in [-0.05, 0) is 57.0 Å². The number of hydrogen-bond acceptors (Lipinski definition) is 5. The summed E-state index contributed by atoms with van der Waals surface area (Å²) in [5, 5.41) is 2.99. The van der Waals surface area contributed by atoms with Crippen LogP contribution in [0, 0.1) is 20.8 Å². The van der Waals surface area contributed by atoms with Gasteiger partial charge in [0.25, 0.3) is 17.7 Å². The molecule has 156 valence electrons. The minimum atomic E-state index is -1.17. The zero-order valence-electron chi connectivity index (χ0n) is 17.0. The van der Waals surface area contributed by atoms with E-state index in [0.29, 0.717) is 10.7 Å². The van der Waals surface area contributed by atoms with E-state index in [1.807, 2.05) is 13.0 Å². The second kappa shape index (κ2) is 8.28. The van der Waals surface area contributed by atoms with Crippen molar-refractivity contribution >= 4 is 41.0 Å². The van der Waals surface area contributed by atoms with Crippen LogP contribution in [-0.4, -0.2) is 41.2 Å². The zero-order chi connectivity index (χ0) is 22.2. The molecule has 7 nitrogen and oxygen atoms in total. The molecule has 3 rings (SSSR count). The molecule has 0 saturated carbocycles. The highest BCUT2D eigenvalue weighted by Crippen LogP contribution is 2.28. The number of nitrogens with one attached hydrogen (secondary N) is 1. The Hall–Kier alpha value is -3.19. The van der Waals surface area contributed by atoms with Gasteiger partial charge in [-0.2, -0.15) is 0 Å². The van der Waals surface area contributed by atoms with Crippen LogP contribution in [0.25, 0.3) is 0 Å². The third kappa shape index (κ3) is 4.07. The van der Waals surface area contributed by atoms with Crippen LogP contribution in [0.4, 0.5) is 5.69 Å². The topological polar surface area (TPSA) is 92.8 Å². The van der Waals surface area contributed by atoms with Gasteiger partial charge >= 0.3 is 5.97 Å². The van der Waals surface area contributed by atoms with Gasteiger partial charge in [-0.15, -0.1) is 0 Å². The van der Waals surface area contributed by atoms with Crippen LogP contribution in [0.5, 0.6) is 0 Å². The predicted octanol–water partition coefficient (Wildman–Crippen LogP) is 3.43. The van der Waals surface area contributed by atoms with Crippen molar-refractivity contribution in [1.29, 1.82) is 0 Å². The average molecular weight is 429 g/mol. The molecule has 2 aromatic carbocycles. The highest BCUT2D eigenvalue weighted by atomic mass is 35.5. The number of carbonyl (C=O) groups excluding carboxylic acids is 4. The molecule has 0 bridgehead atoms. The van der Waals surface area contributed by atoms with Gasteiger partial charge < -0.3 is 10.1 Å². The highest BCUT2D eigenvalue weighted by molar-refractivity contribution is 6.34. The Labute approximate surface area is 179 Å². The minimum absolute atomic E-state index is 0.243. The number of anilines is 1. The first-order chi connectivity index (χ1) is 14.1. The van der Waals surface area contributed by atoms with E-state index < -0.39 is 36.3 Å². The third-order valence-electron chi connectivity index (χ3n) is 4.84. The van der Waals surface area contributed by atoms with Crippen LogP contribution in [0.15, 0.2) is 30.3 Å². The second-order valence-corrected chi connectivity index (χ2v) is 7.71. The molecule has 1 heterocycles. The number of nitrogens with zero attached hydrogens (tertiary/aromatic N) is 1. The van der Waals surface area contributed by atoms with Crippen LogP contribution >= 0.6 is 11.6 Å². The average Bonchev–Trinajstić information content (AvgIpc) is 2.92. The van der Waals surface area contributed by atoms with Gasteiger partial charge in [-0.1, -0.05) is 29.3 Å². The summed E-state index contributed by atoms with van der Waals surface area (Å²) in [6.07, 6.45) is 0. The minimum Gasteiger partial charge on any atom is -0.454 e. The fraction of sp³-hybridized carbons (Fsp3) is 0.273. The molecule has 0 aromatic heterocycles. The predicted molar refractivity (Wildman–Crippen MR) is 112 cm³/mol. The highest BCUT2D eigenvalue weighted by Gasteiger charge is 2.41. The zero-order valence-corrected chi connectivity index (χ0v) is 17.8. The van der Waals surface area contributed by atoms with Crippen molar-refractivity contribution in [2.75, 3.05) is 11.9 Å². The molecule has 0 fully saturated rings. The normalized spacial score (nSPS) is 13.8. The molecule has 8 heteroatoms. The lowest BCUT2D eigenvalue weighted by molar-refractivity contribution is -0.150. The van der Waals surface area contributed by atoms with Crippen molar-refractivity contribution in [2.24, 2.45) is 0 Å². The van der Waals surface area contributed by atoms with Crippen LogP contribution in [-0.2, 0) is 14.3 Å². The van der Waals surface area contributed by atoms with Crippen molar-refractivity contribution in [1.82, 2.24) is 4.90 Å². The number of carbonyl (C=O) groups is 4. The molecule has 1 aliphatic rings. The Balaban J connectivity index is 1.63. The molecule has 0 aliphatic carbocycles. The summed E-state index contributed by atoms with van der Waals surface area (Å²) in [6, 6.07) is 7.29. The molecule has 0 radical (unpaired) electrons. The number of esters is 1. The van der Waals surface area contributed by atoms with E-state index in [-0.39, 0.29) is 11.1 Å². The van der Waals surface area contributed by atoms with Gasteiger partial charge in [0, 0.05) is 0 Å². The molecule has 1 unspecified atom stereocenters. The molecular weight excluding hydrogens is 408 g/mol. The molecule has 1 atom stereocenters. The largest absolute Gasteiger partial charge is 0.454 e. The van der Waals surface area contributed by atoms with Crippen LogP contribution in [0.1, 0.15) is 44.3 Å². The summed E-state index contributed by atoms with van der Waals surface area (Å²) in [5.41, 5.74) is 3.48. The van der Waals surface area contributed by atoms with Gasteiger partial charge in [-0.3, -0.25) is 19.3 Å². The van der Waals surface area contributed by atoms with E-state index in [1.54, 1.807) is 38.1 Å². The van der Waals surface area contributed by atoms with Crippen molar-refractivity contribution in [3.63, 3.8) is 0 Å². The van der Waals surface area contributed by atoms with Gasteiger partial charge in [0.15, 0.2) is 6.61 Å². The first-order valence-electron chi connectivity index (χ1n) is 9.32. The quantitative estimate of drug-likeness (QED) is 0.581. The maximum Gasteiger partial charge on any atom is 0.329 e. The summed E-state index contributed by atoms with van der Waals surface area (Å²) in [5.74, 6) is -2.56. The van der Waals surface area contributed by atoms with Crippen molar-refractivity contribution in [3.8, 4) is 0 Å². The molecule has 1 N–H and O–H groups in total. The van der Waals surface area contributed by atoms with E-state index in [9.17, 15) is 19.2 Å². The number of rotatable bonds is 5. The maximum absolute atomic E-state index is 12.6. The lowest BCUT2D eigenvalue weighted by Crippen LogP contribution is -2.44. The summed E-state index contributed by atoms with van der Waals surface area (Å²) in [7, 11) is 0. The molecular formula is C22H21ClN2O5. The van der Waals surface area contributed by atoms with E-state index >= 15 is 0 Å². The molecule has 1 aliphatic heterocycles. The number of hydrogen-bond donors (Lipinski definition) is 1.